The van der Waals surface area contributed by atoms with Crippen LogP contribution >= 0.6 is 0 Å². The van der Waals surface area contributed by atoms with Crippen LogP contribution in [-0.2, 0) is 9.47 Å². The van der Waals surface area contributed by atoms with Crippen LogP contribution in [0.1, 0.15) is 33.1 Å². The van der Waals surface area contributed by atoms with Crippen LogP contribution in [-0.4, -0.2) is 19.0 Å². The van der Waals surface area contributed by atoms with Crippen molar-refractivity contribution in [1.29, 1.82) is 0 Å². The van der Waals surface area contributed by atoms with Crippen molar-refractivity contribution in [3.63, 3.8) is 0 Å². The molecule has 0 atom stereocenters. The zero-order chi connectivity index (χ0) is 7.45. The summed E-state index contributed by atoms with van der Waals surface area (Å²) in [5, 5.41) is 0. The Morgan fingerprint density at radius 3 is 1.73 bits per heavy atom. The molecule has 1 aliphatic carbocycles. The number of hydrogen-bond acceptors (Lipinski definition) is 3. The zero-order valence-electron chi connectivity index (χ0n) is 7.56. The third-order valence-corrected chi connectivity index (χ3v) is 1.93. The minimum atomic E-state index is -0.177. The monoisotopic (exact) mass is 161 g/mol. The van der Waals surface area contributed by atoms with Gasteiger partial charge in [0.1, 0.15) is 0 Å². The molecule has 1 fully saturated rings. The molecule has 0 radical (unpaired) electrons. The van der Waals surface area contributed by atoms with Crippen LogP contribution in [0.5, 0.6) is 0 Å². The van der Waals surface area contributed by atoms with Gasteiger partial charge in [0, 0.05) is 26.1 Å². The summed E-state index contributed by atoms with van der Waals surface area (Å²) < 4.78 is 11.0. The molecular formula is C8H19NO2. The van der Waals surface area contributed by atoms with Gasteiger partial charge in [-0.1, -0.05) is 0 Å². The predicted molar refractivity (Wildman–Crippen MR) is 44.9 cm³/mol. The molecule has 0 saturated heterocycles. The quantitative estimate of drug-likeness (QED) is 0.642. The lowest BCUT2D eigenvalue weighted by Crippen LogP contribution is -2.42. The fraction of sp³-hybridized carbons (Fsp3) is 1.00. The molecule has 0 amide bonds. The minimum Gasteiger partial charge on any atom is -0.350 e. The minimum absolute atomic E-state index is 0. The van der Waals surface area contributed by atoms with Crippen molar-refractivity contribution in [3.8, 4) is 0 Å². The topological polar surface area (TPSA) is 53.5 Å². The second-order valence-electron chi connectivity index (χ2n) is 2.63. The van der Waals surface area contributed by atoms with Crippen molar-refractivity contribution in [2.45, 2.75) is 38.9 Å². The maximum Gasteiger partial charge on any atom is 0.168 e. The highest BCUT2D eigenvalue weighted by atomic mass is 16.7. The maximum absolute atomic E-state index is 5.48. The van der Waals surface area contributed by atoms with Gasteiger partial charge in [0.2, 0.25) is 0 Å². The van der Waals surface area contributed by atoms with E-state index in [-0.39, 0.29) is 11.9 Å². The van der Waals surface area contributed by atoms with Crippen molar-refractivity contribution in [2.75, 3.05) is 13.2 Å². The van der Waals surface area contributed by atoms with E-state index in [2.05, 4.69) is 0 Å². The largest absolute Gasteiger partial charge is 0.350 e. The van der Waals surface area contributed by atoms with Crippen molar-refractivity contribution in [3.05, 3.63) is 0 Å². The molecule has 68 valence electrons. The molecule has 11 heavy (non-hydrogen) atoms. The predicted octanol–water partition coefficient (Wildman–Crippen LogP) is 2.10. The first-order valence-corrected chi connectivity index (χ1v) is 4.11. The Hall–Kier alpha value is -0.120. The smallest absolute Gasteiger partial charge is 0.168 e. The van der Waals surface area contributed by atoms with Crippen LogP contribution < -0.4 is 6.15 Å². The Kier molecular flexibility index (Phi) is 4.65. The van der Waals surface area contributed by atoms with Gasteiger partial charge in [-0.05, 0) is 20.3 Å². The summed E-state index contributed by atoms with van der Waals surface area (Å²) in [7, 11) is 0. The summed E-state index contributed by atoms with van der Waals surface area (Å²) in [6, 6.07) is 0. The lowest BCUT2D eigenvalue weighted by Gasteiger charge is -2.40. The lowest BCUT2D eigenvalue weighted by atomic mass is 9.91. The highest BCUT2D eigenvalue weighted by molar-refractivity contribution is 4.80. The fourth-order valence-electron chi connectivity index (χ4n) is 1.32. The molecular weight excluding hydrogens is 142 g/mol. The second-order valence-corrected chi connectivity index (χ2v) is 2.63. The summed E-state index contributed by atoms with van der Waals surface area (Å²) in [6.07, 6.45) is 3.41. The maximum atomic E-state index is 5.48. The van der Waals surface area contributed by atoms with Gasteiger partial charge in [0.15, 0.2) is 5.79 Å². The summed E-state index contributed by atoms with van der Waals surface area (Å²) in [6.45, 7) is 5.55. The lowest BCUT2D eigenvalue weighted by molar-refractivity contribution is -0.273. The SMILES string of the molecule is CCOC1(OCC)CCC1.N. The van der Waals surface area contributed by atoms with E-state index in [4.69, 9.17) is 9.47 Å². The van der Waals surface area contributed by atoms with Crippen LogP contribution in [0.15, 0.2) is 0 Å². The van der Waals surface area contributed by atoms with Gasteiger partial charge in [-0.15, -0.1) is 0 Å². The Morgan fingerprint density at radius 2 is 1.55 bits per heavy atom. The molecule has 0 heterocycles. The standard InChI is InChI=1S/C8H16O2.H3N/c1-3-9-8(10-4-2)6-5-7-8;/h3-7H2,1-2H3;1H3. The summed E-state index contributed by atoms with van der Waals surface area (Å²) in [5.74, 6) is -0.177. The van der Waals surface area contributed by atoms with E-state index in [1.54, 1.807) is 0 Å². The van der Waals surface area contributed by atoms with Crippen molar-refractivity contribution in [2.24, 2.45) is 0 Å². The van der Waals surface area contributed by atoms with Crippen molar-refractivity contribution in [1.82, 2.24) is 6.15 Å². The molecule has 1 saturated carbocycles. The third kappa shape index (κ3) is 2.43. The zero-order valence-corrected chi connectivity index (χ0v) is 7.56. The molecule has 0 bridgehead atoms. The summed E-state index contributed by atoms with van der Waals surface area (Å²) in [5.41, 5.74) is 0. The van der Waals surface area contributed by atoms with E-state index in [0.29, 0.717) is 0 Å². The molecule has 1 aliphatic rings. The molecule has 0 aromatic carbocycles. The van der Waals surface area contributed by atoms with Gasteiger partial charge in [0.05, 0.1) is 0 Å². The van der Waals surface area contributed by atoms with Crippen LogP contribution in [0.2, 0.25) is 0 Å². The molecule has 3 heteroatoms. The Balaban J connectivity index is 0.000001000. The molecule has 1 rings (SSSR count). The molecule has 0 aliphatic heterocycles. The van der Waals surface area contributed by atoms with Gasteiger partial charge >= 0.3 is 0 Å². The number of rotatable bonds is 4. The summed E-state index contributed by atoms with van der Waals surface area (Å²) in [4.78, 5) is 0. The average Bonchev–Trinajstić information content (AvgIpc) is 1.84. The first-order chi connectivity index (χ1) is 4.83. The highest BCUT2D eigenvalue weighted by Gasteiger charge is 2.38. The van der Waals surface area contributed by atoms with Gasteiger partial charge in [-0.3, -0.25) is 0 Å². The molecule has 3 N–H and O–H groups in total. The van der Waals surface area contributed by atoms with Gasteiger partial charge in [0.25, 0.3) is 0 Å². The summed E-state index contributed by atoms with van der Waals surface area (Å²) >= 11 is 0. The normalized spacial score (nSPS) is 20.2. The van der Waals surface area contributed by atoms with Crippen LogP contribution in [0.4, 0.5) is 0 Å². The average molecular weight is 161 g/mol. The third-order valence-electron chi connectivity index (χ3n) is 1.93. The molecule has 0 unspecified atom stereocenters. The highest BCUT2D eigenvalue weighted by Crippen LogP contribution is 2.36. The van der Waals surface area contributed by atoms with E-state index in [9.17, 15) is 0 Å². The first kappa shape index (κ1) is 10.9. The molecule has 3 nitrogen and oxygen atoms in total. The van der Waals surface area contributed by atoms with Gasteiger partial charge in [-0.25, -0.2) is 0 Å². The van der Waals surface area contributed by atoms with E-state index in [1.807, 2.05) is 13.8 Å². The van der Waals surface area contributed by atoms with E-state index in [0.717, 1.165) is 26.1 Å². The Morgan fingerprint density at radius 1 is 1.09 bits per heavy atom. The molecule has 0 spiro atoms. The second kappa shape index (κ2) is 4.70. The van der Waals surface area contributed by atoms with Crippen LogP contribution in [0.3, 0.4) is 0 Å². The first-order valence-electron chi connectivity index (χ1n) is 4.11. The van der Waals surface area contributed by atoms with Crippen molar-refractivity contribution < 1.29 is 9.47 Å². The van der Waals surface area contributed by atoms with Gasteiger partial charge < -0.3 is 15.6 Å². The molecule has 0 aromatic heterocycles. The van der Waals surface area contributed by atoms with E-state index >= 15 is 0 Å². The Labute approximate surface area is 68.7 Å². The van der Waals surface area contributed by atoms with Gasteiger partial charge in [-0.2, -0.15) is 0 Å². The molecule has 0 aromatic rings. The Bertz CT molecular complexity index is 94.3. The van der Waals surface area contributed by atoms with E-state index in [1.165, 1.54) is 6.42 Å². The van der Waals surface area contributed by atoms with Crippen LogP contribution in [0.25, 0.3) is 0 Å². The van der Waals surface area contributed by atoms with E-state index < -0.39 is 0 Å². The number of hydrogen-bond donors (Lipinski definition) is 1. The van der Waals surface area contributed by atoms with Crippen LogP contribution in [0, 0.1) is 0 Å². The number of ether oxygens (including phenoxy) is 2. The fourth-order valence-corrected chi connectivity index (χ4v) is 1.32. The van der Waals surface area contributed by atoms with Crippen molar-refractivity contribution >= 4 is 0 Å².